The van der Waals surface area contributed by atoms with Crippen LogP contribution in [0.3, 0.4) is 0 Å². The SMILES string of the molecule is CC1(c2cccc3ccccc23)C=c2ccccc2=[C]1[Zr]([C]1=c2ccccc2=CC1(C)c1cccc2ccccc12)[SiH](c1ccccc1)c1ccccc1.Cl.Cl. The number of hydrogen-bond acceptors (Lipinski definition) is 0. The molecule has 0 spiro atoms. The van der Waals surface area contributed by atoms with Crippen LogP contribution in [-0.4, -0.2) is 5.92 Å². The third kappa shape index (κ3) is 6.14. The van der Waals surface area contributed by atoms with E-state index in [1.165, 1.54) is 53.5 Å². The molecule has 0 bridgehead atoms. The predicted molar refractivity (Wildman–Crippen MR) is 244 cm³/mol. The van der Waals surface area contributed by atoms with Crippen LogP contribution < -0.4 is 31.2 Å². The molecular formula is C52H43Cl2SiZr. The summed E-state index contributed by atoms with van der Waals surface area (Å²) in [5, 5.41) is 14.1. The van der Waals surface area contributed by atoms with Gasteiger partial charge in [-0.2, -0.15) is 0 Å². The first kappa shape index (κ1) is 38.3. The molecule has 0 heterocycles. The summed E-state index contributed by atoms with van der Waals surface area (Å²) in [7, 11) is 0. The summed E-state index contributed by atoms with van der Waals surface area (Å²) in [6, 6.07) is 74.1. The minimum atomic E-state index is -3.19. The zero-order chi connectivity index (χ0) is 36.3. The number of benzene rings is 8. The van der Waals surface area contributed by atoms with Crippen molar-refractivity contribution >= 4 is 81.4 Å². The molecule has 0 saturated carbocycles. The monoisotopic (exact) mass is 855 g/mol. The molecule has 2 aliphatic carbocycles. The molecule has 0 radical (unpaired) electrons. The first-order chi connectivity index (χ1) is 26.5. The van der Waals surface area contributed by atoms with Crippen molar-refractivity contribution < 1.29 is 20.9 Å². The zero-order valence-corrected chi connectivity index (χ0v) is 36.8. The van der Waals surface area contributed by atoms with Crippen LogP contribution >= 0.6 is 24.8 Å². The standard InChI is InChI=1S/2C20H15.C12H11Si.2ClH.Zr/c2*1-20(13-16-8-2-3-9-17(16)14-20)19-12-6-10-15-7-4-5-11-18(15)19;1-3-7-11(8-4-1)13-12-9-5-2-6-10-12;;;/h2*2-13H,1H3;1-10,13H;2*1H;. The van der Waals surface area contributed by atoms with Gasteiger partial charge in [-0.3, -0.25) is 0 Å². The fraction of sp³-hybridized carbons (Fsp3) is 0.0769. The van der Waals surface area contributed by atoms with Gasteiger partial charge >= 0.3 is 328 Å². The topological polar surface area (TPSA) is 0 Å². The van der Waals surface area contributed by atoms with Crippen LogP contribution in [0.4, 0.5) is 0 Å². The molecule has 0 amide bonds. The molecule has 2 atom stereocenters. The van der Waals surface area contributed by atoms with E-state index in [4.69, 9.17) is 0 Å². The van der Waals surface area contributed by atoms with Gasteiger partial charge in [-0.1, -0.05) is 0 Å². The van der Waals surface area contributed by atoms with E-state index >= 15 is 0 Å². The Morgan fingerprint density at radius 2 is 0.732 bits per heavy atom. The maximum absolute atomic E-state index is 3.19. The summed E-state index contributed by atoms with van der Waals surface area (Å²) in [6.07, 6.45) is 5.28. The average molecular weight is 858 g/mol. The molecular weight excluding hydrogens is 815 g/mol. The quantitative estimate of drug-likeness (QED) is 0.141. The number of hydrogen-bond donors (Lipinski definition) is 0. The van der Waals surface area contributed by atoms with E-state index in [1.807, 2.05) is 0 Å². The van der Waals surface area contributed by atoms with E-state index < -0.39 is 26.8 Å². The maximum Gasteiger partial charge on any atom is -0.147 e. The fourth-order valence-electron chi connectivity index (χ4n) is 9.89. The van der Waals surface area contributed by atoms with Crippen molar-refractivity contribution in [2.75, 3.05) is 0 Å². The smallest absolute Gasteiger partial charge is 0.147 e. The van der Waals surface area contributed by atoms with Gasteiger partial charge in [0.15, 0.2) is 0 Å². The Morgan fingerprint density at radius 1 is 0.375 bits per heavy atom. The molecule has 273 valence electrons. The molecule has 0 aromatic heterocycles. The molecule has 4 heteroatoms. The van der Waals surface area contributed by atoms with Gasteiger partial charge in [0, 0.05) is 0 Å². The minimum Gasteiger partial charge on any atom is -0.147 e. The Morgan fingerprint density at radius 3 is 1.18 bits per heavy atom. The molecule has 0 N–H and O–H groups in total. The van der Waals surface area contributed by atoms with Crippen molar-refractivity contribution in [3.05, 3.63) is 226 Å². The fourth-order valence-corrected chi connectivity index (χ4v) is 37.1. The van der Waals surface area contributed by atoms with Crippen molar-refractivity contribution in [1.82, 2.24) is 0 Å². The molecule has 10 rings (SSSR count). The molecule has 0 fully saturated rings. The number of fused-ring (bicyclic) bond motifs is 4. The van der Waals surface area contributed by atoms with Crippen LogP contribution in [-0.2, 0) is 31.7 Å². The Labute approximate surface area is 350 Å². The van der Waals surface area contributed by atoms with E-state index in [0.717, 1.165) is 0 Å². The van der Waals surface area contributed by atoms with Gasteiger partial charge in [0.25, 0.3) is 0 Å². The van der Waals surface area contributed by atoms with Crippen LogP contribution in [0, 0.1) is 0 Å². The van der Waals surface area contributed by atoms with Crippen molar-refractivity contribution in [2.24, 2.45) is 0 Å². The second-order valence-electron chi connectivity index (χ2n) is 15.3. The summed E-state index contributed by atoms with van der Waals surface area (Å²) < 4.78 is 3.43. The second-order valence-corrected chi connectivity index (χ2v) is 29.7. The first-order valence-corrected chi connectivity index (χ1v) is 27.6. The number of rotatable bonds is 7. The molecule has 8 aromatic rings. The van der Waals surface area contributed by atoms with E-state index in [9.17, 15) is 0 Å². The number of halogens is 2. The minimum absolute atomic E-state index is 0. The average Bonchev–Trinajstić information content (AvgIpc) is 3.71. The van der Waals surface area contributed by atoms with E-state index in [0.29, 0.717) is 0 Å². The molecule has 0 saturated heterocycles. The third-order valence-corrected chi connectivity index (χ3v) is 34.0. The Balaban J connectivity index is 0.00000220. The normalized spacial score (nSPS) is 18.1. The van der Waals surface area contributed by atoms with Crippen LogP contribution in [0.2, 0.25) is 0 Å². The van der Waals surface area contributed by atoms with Gasteiger partial charge in [0.05, 0.1) is 0 Å². The van der Waals surface area contributed by atoms with Gasteiger partial charge in [-0.25, -0.2) is 0 Å². The summed E-state index contributed by atoms with van der Waals surface area (Å²) in [5.41, 5.74) is 2.25. The van der Waals surface area contributed by atoms with E-state index in [1.54, 1.807) is 16.9 Å². The van der Waals surface area contributed by atoms with Crippen molar-refractivity contribution in [1.29, 1.82) is 0 Å². The first-order valence-electron chi connectivity index (χ1n) is 19.1. The van der Waals surface area contributed by atoms with Crippen molar-refractivity contribution in [3.8, 4) is 0 Å². The Bertz CT molecular complexity index is 2790. The van der Waals surface area contributed by atoms with Crippen LogP contribution in [0.25, 0.3) is 40.3 Å². The summed E-state index contributed by atoms with van der Waals surface area (Å²) in [4.78, 5) is 0. The van der Waals surface area contributed by atoms with Gasteiger partial charge in [-0.15, -0.1) is 24.8 Å². The van der Waals surface area contributed by atoms with Crippen molar-refractivity contribution in [2.45, 2.75) is 24.7 Å². The van der Waals surface area contributed by atoms with Gasteiger partial charge in [0.2, 0.25) is 0 Å². The van der Waals surface area contributed by atoms with Crippen LogP contribution in [0.15, 0.2) is 194 Å². The summed E-state index contributed by atoms with van der Waals surface area (Å²) in [5.74, 6) is -1.94. The van der Waals surface area contributed by atoms with Crippen LogP contribution in [0.1, 0.15) is 25.0 Å². The van der Waals surface area contributed by atoms with E-state index in [-0.39, 0.29) is 35.6 Å². The molecule has 8 aromatic carbocycles. The Kier molecular flexibility index (Phi) is 10.5. The van der Waals surface area contributed by atoms with Gasteiger partial charge in [0.1, 0.15) is 0 Å². The van der Waals surface area contributed by atoms with E-state index in [2.05, 4.69) is 220 Å². The third-order valence-electron chi connectivity index (χ3n) is 12.2. The predicted octanol–water partition coefficient (Wildman–Crippen LogP) is 8.41. The summed E-state index contributed by atoms with van der Waals surface area (Å²) in [6.45, 7) is 5.12. The van der Waals surface area contributed by atoms with Crippen LogP contribution in [0.5, 0.6) is 0 Å². The van der Waals surface area contributed by atoms with Gasteiger partial charge < -0.3 is 0 Å². The zero-order valence-electron chi connectivity index (χ0n) is 31.5. The largest absolute Gasteiger partial charge is 0.147 e. The molecule has 0 nitrogen and oxygen atoms in total. The summed E-state index contributed by atoms with van der Waals surface area (Å²) >= 11 is -3.19. The molecule has 2 unspecified atom stereocenters. The Hall–Kier alpha value is -4.56. The second kappa shape index (κ2) is 15.4. The molecule has 0 aliphatic heterocycles. The molecule has 2 aliphatic rings. The maximum atomic E-state index is 2.64. The van der Waals surface area contributed by atoms with Gasteiger partial charge in [-0.05, 0) is 0 Å². The molecule has 56 heavy (non-hydrogen) atoms. The van der Waals surface area contributed by atoms with Crippen molar-refractivity contribution in [3.63, 3.8) is 0 Å².